The Morgan fingerprint density at radius 1 is 1.00 bits per heavy atom. The molecule has 21 heavy (non-hydrogen) atoms. The molecule has 0 aromatic heterocycles. The van der Waals surface area contributed by atoms with Crippen LogP contribution >= 0.6 is 23.2 Å². The molecule has 1 unspecified atom stereocenters. The van der Waals surface area contributed by atoms with Crippen molar-refractivity contribution in [1.29, 1.82) is 0 Å². The van der Waals surface area contributed by atoms with Crippen molar-refractivity contribution in [3.05, 3.63) is 63.6 Å². The lowest BCUT2D eigenvalue weighted by molar-refractivity contribution is -0.137. The number of benzene rings is 2. The molecule has 0 radical (unpaired) electrons. The minimum Gasteiger partial charge on any atom is -0.378 e. The maximum atomic E-state index is 12.7. The van der Waals surface area contributed by atoms with Crippen LogP contribution in [0, 0.1) is 0 Å². The largest absolute Gasteiger partial charge is 0.416 e. The Labute approximate surface area is 130 Å². The summed E-state index contributed by atoms with van der Waals surface area (Å²) in [4.78, 5) is 0. The Hall–Kier alpha value is -1.39. The number of rotatable bonds is 3. The van der Waals surface area contributed by atoms with E-state index in [0.29, 0.717) is 21.3 Å². The molecule has 6 heteroatoms. The van der Waals surface area contributed by atoms with Crippen molar-refractivity contribution < 1.29 is 13.2 Å². The molecule has 1 nitrogen and oxygen atoms in total. The van der Waals surface area contributed by atoms with Crippen LogP contribution < -0.4 is 5.32 Å². The standard InChI is InChI=1S/C15H12Cl2F3N/c1-9(21-14-7-12(16)6-13(17)8-14)10-3-2-4-11(5-10)15(18,19)20/h2-9,21H,1H3. The summed E-state index contributed by atoms with van der Waals surface area (Å²) in [5, 5.41) is 4.00. The van der Waals surface area contributed by atoms with E-state index in [1.54, 1.807) is 31.2 Å². The highest BCUT2D eigenvalue weighted by molar-refractivity contribution is 6.35. The first-order valence-corrected chi connectivity index (χ1v) is 6.91. The van der Waals surface area contributed by atoms with Crippen molar-refractivity contribution in [3.63, 3.8) is 0 Å². The summed E-state index contributed by atoms with van der Waals surface area (Å²) >= 11 is 11.8. The summed E-state index contributed by atoms with van der Waals surface area (Å²) in [6.45, 7) is 1.77. The number of hydrogen-bond acceptors (Lipinski definition) is 1. The van der Waals surface area contributed by atoms with Crippen LogP contribution in [-0.4, -0.2) is 0 Å². The second-order valence-corrected chi connectivity index (χ2v) is 5.52. The number of alkyl halides is 3. The minimum absolute atomic E-state index is 0.318. The maximum absolute atomic E-state index is 12.7. The fourth-order valence-electron chi connectivity index (χ4n) is 1.95. The van der Waals surface area contributed by atoms with Gasteiger partial charge in [-0.15, -0.1) is 0 Å². The summed E-state index contributed by atoms with van der Waals surface area (Å²) in [5.74, 6) is 0. The van der Waals surface area contributed by atoms with Crippen LogP contribution in [0.3, 0.4) is 0 Å². The van der Waals surface area contributed by atoms with Crippen molar-refractivity contribution in [1.82, 2.24) is 0 Å². The Morgan fingerprint density at radius 2 is 1.62 bits per heavy atom. The molecule has 0 aliphatic carbocycles. The molecular formula is C15H12Cl2F3N. The van der Waals surface area contributed by atoms with Gasteiger partial charge in [0.2, 0.25) is 0 Å². The lowest BCUT2D eigenvalue weighted by atomic mass is 10.0. The van der Waals surface area contributed by atoms with Gasteiger partial charge in [0.15, 0.2) is 0 Å². The third kappa shape index (κ3) is 4.29. The van der Waals surface area contributed by atoms with Gasteiger partial charge < -0.3 is 5.32 Å². The molecule has 1 atom stereocenters. The SMILES string of the molecule is CC(Nc1cc(Cl)cc(Cl)c1)c1cccc(C(F)(F)F)c1. The van der Waals surface area contributed by atoms with Crippen LogP contribution in [-0.2, 0) is 6.18 Å². The molecule has 0 aliphatic rings. The summed E-state index contributed by atoms with van der Waals surface area (Å²) in [6, 6.07) is 9.80. The molecule has 0 amide bonds. The van der Waals surface area contributed by atoms with E-state index in [9.17, 15) is 13.2 Å². The molecule has 0 bridgehead atoms. The molecular weight excluding hydrogens is 322 g/mol. The van der Waals surface area contributed by atoms with E-state index in [4.69, 9.17) is 23.2 Å². The molecule has 0 heterocycles. The molecule has 0 saturated heterocycles. The van der Waals surface area contributed by atoms with E-state index in [1.165, 1.54) is 6.07 Å². The van der Waals surface area contributed by atoms with Crippen LogP contribution in [0.25, 0.3) is 0 Å². The molecule has 2 aromatic rings. The summed E-state index contributed by atoms with van der Waals surface area (Å²) in [6.07, 6.45) is -4.35. The Bertz CT molecular complexity index is 621. The highest BCUT2D eigenvalue weighted by atomic mass is 35.5. The highest BCUT2D eigenvalue weighted by Crippen LogP contribution is 2.32. The summed E-state index contributed by atoms with van der Waals surface area (Å²) in [7, 11) is 0. The van der Waals surface area contributed by atoms with E-state index >= 15 is 0 Å². The smallest absolute Gasteiger partial charge is 0.378 e. The van der Waals surface area contributed by atoms with E-state index in [2.05, 4.69) is 5.32 Å². The van der Waals surface area contributed by atoms with Gasteiger partial charge in [-0.25, -0.2) is 0 Å². The van der Waals surface area contributed by atoms with Crippen LogP contribution in [0.15, 0.2) is 42.5 Å². The predicted octanol–water partition coefficient (Wildman–Crippen LogP) is 6.19. The van der Waals surface area contributed by atoms with Gasteiger partial charge >= 0.3 is 6.18 Å². The van der Waals surface area contributed by atoms with Gasteiger partial charge in [0, 0.05) is 21.8 Å². The average molecular weight is 334 g/mol. The molecule has 1 N–H and O–H groups in total. The lowest BCUT2D eigenvalue weighted by Gasteiger charge is -2.17. The second-order valence-electron chi connectivity index (χ2n) is 4.65. The van der Waals surface area contributed by atoms with Crippen LogP contribution in [0.4, 0.5) is 18.9 Å². The quantitative estimate of drug-likeness (QED) is 0.706. The predicted molar refractivity (Wildman–Crippen MR) is 79.9 cm³/mol. The number of halogens is 5. The zero-order valence-corrected chi connectivity index (χ0v) is 12.5. The molecule has 0 fully saturated rings. The van der Waals surface area contributed by atoms with Gasteiger partial charge in [0.1, 0.15) is 0 Å². The van der Waals surface area contributed by atoms with Crippen LogP contribution in [0.5, 0.6) is 0 Å². The minimum atomic E-state index is -4.35. The lowest BCUT2D eigenvalue weighted by Crippen LogP contribution is -2.10. The zero-order chi connectivity index (χ0) is 15.6. The van der Waals surface area contributed by atoms with Gasteiger partial charge in [-0.2, -0.15) is 13.2 Å². The Kier molecular flexibility index (Phi) is 4.69. The fourth-order valence-corrected chi connectivity index (χ4v) is 2.48. The van der Waals surface area contributed by atoms with Crippen LogP contribution in [0.2, 0.25) is 10.0 Å². The van der Waals surface area contributed by atoms with E-state index in [-0.39, 0.29) is 6.04 Å². The van der Waals surface area contributed by atoms with Gasteiger partial charge in [-0.05, 0) is 42.8 Å². The molecule has 0 aliphatic heterocycles. The van der Waals surface area contributed by atoms with Crippen molar-refractivity contribution in [2.75, 3.05) is 5.32 Å². The van der Waals surface area contributed by atoms with Gasteiger partial charge in [-0.1, -0.05) is 35.3 Å². The van der Waals surface area contributed by atoms with E-state index in [0.717, 1.165) is 12.1 Å². The highest BCUT2D eigenvalue weighted by Gasteiger charge is 2.30. The van der Waals surface area contributed by atoms with Gasteiger partial charge in [0.05, 0.1) is 5.56 Å². The van der Waals surface area contributed by atoms with Crippen molar-refractivity contribution in [2.24, 2.45) is 0 Å². The molecule has 2 aromatic carbocycles. The number of nitrogens with one attached hydrogen (secondary N) is 1. The normalized spacial score (nSPS) is 13.0. The first kappa shape index (κ1) is 16.0. The molecule has 0 spiro atoms. The van der Waals surface area contributed by atoms with Crippen LogP contribution in [0.1, 0.15) is 24.1 Å². The van der Waals surface area contributed by atoms with Gasteiger partial charge in [0.25, 0.3) is 0 Å². The van der Waals surface area contributed by atoms with Crippen molar-refractivity contribution in [3.8, 4) is 0 Å². The van der Waals surface area contributed by atoms with Gasteiger partial charge in [-0.3, -0.25) is 0 Å². The summed E-state index contributed by atoms with van der Waals surface area (Å²) in [5.41, 5.74) is 0.510. The molecule has 2 rings (SSSR count). The number of anilines is 1. The monoisotopic (exact) mass is 333 g/mol. The van der Waals surface area contributed by atoms with Crippen molar-refractivity contribution in [2.45, 2.75) is 19.1 Å². The van der Waals surface area contributed by atoms with Crippen molar-refractivity contribution >= 4 is 28.9 Å². The fraction of sp³-hybridized carbons (Fsp3) is 0.200. The zero-order valence-electron chi connectivity index (χ0n) is 11.0. The Morgan fingerprint density at radius 3 is 2.19 bits per heavy atom. The number of hydrogen-bond donors (Lipinski definition) is 1. The summed E-state index contributed by atoms with van der Waals surface area (Å²) < 4.78 is 38.1. The third-order valence-corrected chi connectivity index (χ3v) is 3.40. The molecule has 0 saturated carbocycles. The Balaban J connectivity index is 2.22. The first-order chi connectivity index (χ1) is 9.75. The van der Waals surface area contributed by atoms with E-state index in [1.807, 2.05) is 0 Å². The molecule has 112 valence electrons. The average Bonchev–Trinajstić information content (AvgIpc) is 2.36. The van der Waals surface area contributed by atoms with E-state index < -0.39 is 11.7 Å². The first-order valence-electron chi connectivity index (χ1n) is 6.15. The second kappa shape index (κ2) is 6.16. The maximum Gasteiger partial charge on any atom is 0.416 e. The topological polar surface area (TPSA) is 12.0 Å². The third-order valence-electron chi connectivity index (χ3n) is 2.96.